The zero-order valence-electron chi connectivity index (χ0n) is 9.77. The lowest BCUT2D eigenvalue weighted by Gasteiger charge is -2.18. The van der Waals surface area contributed by atoms with Gasteiger partial charge < -0.3 is 0 Å². The van der Waals surface area contributed by atoms with Crippen LogP contribution in [0.25, 0.3) is 0 Å². The van der Waals surface area contributed by atoms with Crippen LogP contribution in [0, 0.1) is 0 Å². The fraction of sp³-hybridized carbons (Fsp3) is 0.273. The zero-order chi connectivity index (χ0) is 13.1. The van der Waals surface area contributed by atoms with Crippen LogP contribution in [-0.2, 0) is 6.54 Å². The number of nitrogens with zero attached hydrogens (tertiary/aromatic N) is 3. The Hall–Kier alpha value is -0.760. The van der Waals surface area contributed by atoms with E-state index in [0.717, 1.165) is 26.9 Å². The standard InChI is InChI=1S/C11H13Br2N5/c1-2-18-11(8(13)6-16-18)10(17-14)9-7(12)4-3-5-15-9/h3-6,10,17H,2,14H2,1H3. The van der Waals surface area contributed by atoms with Gasteiger partial charge in [0.05, 0.1) is 22.1 Å². The fourth-order valence-electron chi connectivity index (χ4n) is 1.81. The van der Waals surface area contributed by atoms with Crippen molar-refractivity contribution in [3.63, 3.8) is 0 Å². The molecule has 7 heteroatoms. The van der Waals surface area contributed by atoms with Crippen molar-refractivity contribution in [2.45, 2.75) is 19.5 Å². The molecule has 0 saturated heterocycles. The number of aryl methyl sites for hydroxylation is 1. The maximum atomic E-state index is 5.68. The number of hydrogen-bond acceptors (Lipinski definition) is 4. The van der Waals surface area contributed by atoms with E-state index in [1.54, 1.807) is 12.4 Å². The number of aromatic nitrogens is 3. The summed E-state index contributed by atoms with van der Waals surface area (Å²) in [6.45, 7) is 2.80. The van der Waals surface area contributed by atoms with Gasteiger partial charge in [0.2, 0.25) is 0 Å². The highest BCUT2D eigenvalue weighted by Crippen LogP contribution is 2.30. The molecule has 0 aliphatic heterocycles. The van der Waals surface area contributed by atoms with Crippen LogP contribution in [0.15, 0.2) is 33.5 Å². The van der Waals surface area contributed by atoms with E-state index in [4.69, 9.17) is 5.84 Å². The Morgan fingerprint density at radius 2 is 2.22 bits per heavy atom. The van der Waals surface area contributed by atoms with E-state index in [2.05, 4.69) is 47.4 Å². The highest BCUT2D eigenvalue weighted by molar-refractivity contribution is 9.10. The van der Waals surface area contributed by atoms with Crippen LogP contribution in [0.4, 0.5) is 0 Å². The summed E-state index contributed by atoms with van der Waals surface area (Å²) in [5.41, 5.74) is 4.58. The third-order valence-electron chi connectivity index (χ3n) is 2.63. The van der Waals surface area contributed by atoms with Crippen LogP contribution >= 0.6 is 31.9 Å². The molecule has 3 N–H and O–H groups in total. The van der Waals surface area contributed by atoms with E-state index in [1.807, 2.05) is 23.7 Å². The van der Waals surface area contributed by atoms with Gasteiger partial charge in [0.15, 0.2) is 0 Å². The molecular weight excluding hydrogens is 362 g/mol. The maximum Gasteiger partial charge on any atom is 0.107 e. The molecule has 1 unspecified atom stereocenters. The summed E-state index contributed by atoms with van der Waals surface area (Å²) >= 11 is 6.99. The number of rotatable bonds is 4. The summed E-state index contributed by atoms with van der Waals surface area (Å²) in [6.07, 6.45) is 3.50. The first kappa shape index (κ1) is 13.7. The Morgan fingerprint density at radius 3 is 2.83 bits per heavy atom. The molecular formula is C11H13Br2N5. The quantitative estimate of drug-likeness (QED) is 0.636. The van der Waals surface area contributed by atoms with E-state index in [9.17, 15) is 0 Å². The van der Waals surface area contributed by atoms with E-state index in [-0.39, 0.29) is 6.04 Å². The van der Waals surface area contributed by atoms with Crippen LogP contribution in [0.1, 0.15) is 24.4 Å². The predicted molar refractivity (Wildman–Crippen MR) is 76.7 cm³/mol. The first-order valence-electron chi connectivity index (χ1n) is 5.46. The molecule has 18 heavy (non-hydrogen) atoms. The molecule has 0 aliphatic rings. The number of pyridine rings is 1. The molecule has 2 aromatic heterocycles. The van der Waals surface area contributed by atoms with Crippen molar-refractivity contribution in [1.82, 2.24) is 20.2 Å². The first-order valence-corrected chi connectivity index (χ1v) is 7.05. The Morgan fingerprint density at radius 1 is 1.44 bits per heavy atom. The van der Waals surface area contributed by atoms with E-state index < -0.39 is 0 Å². The molecule has 0 fully saturated rings. The monoisotopic (exact) mass is 373 g/mol. The molecule has 0 radical (unpaired) electrons. The lowest BCUT2D eigenvalue weighted by molar-refractivity contribution is 0.532. The average Bonchev–Trinajstić information content (AvgIpc) is 2.74. The van der Waals surface area contributed by atoms with Gasteiger partial charge in [-0.15, -0.1) is 0 Å². The molecule has 2 aromatic rings. The van der Waals surface area contributed by atoms with Crippen molar-refractivity contribution >= 4 is 31.9 Å². The molecule has 2 rings (SSSR count). The smallest absolute Gasteiger partial charge is 0.107 e. The summed E-state index contributed by atoms with van der Waals surface area (Å²) in [7, 11) is 0. The number of hydrazine groups is 1. The van der Waals surface area contributed by atoms with Crippen LogP contribution in [0.3, 0.4) is 0 Å². The largest absolute Gasteiger partial charge is 0.270 e. The third-order valence-corrected chi connectivity index (χ3v) is 3.91. The highest BCUT2D eigenvalue weighted by atomic mass is 79.9. The summed E-state index contributed by atoms with van der Waals surface area (Å²) in [4.78, 5) is 4.37. The number of nitrogens with two attached hydrogens (primary N) is 1. The highest BCUT2D eigenvalue weighted by Gasteiger charge is 2.23. The maximum absolute atomic E-state index is 5.68. The molecule has 0 amide bonds. The lowest BCUT2D eigenvalue weighted by atomic mass is 10.1. The summed E-state index contributed by atoms with van der Waals surface area (Å²) < 4.78 is 3.70. The SMILES string of the molecule is CCn1ncc(Br)c1C(NN)c1ncccc1Br. The topological polar surface area (TPSA) is 68.8 Å². The van der Waals surface area contributed by atoms with E-state index in [0.29, 0.717) is 0 Å². The zero-order valence-corrected chi connectivity index (χ0v) is 12.9. The van der Waals surface area contributed by atoms with Crippen LogP contribution in [0.5, 0.6) is 0 Å². The number of nitrogens with one attached hydrogen (secondary N) is 1. The summed E-state index contributed by atoms with van der Waals surface area (Å²) in [6, 6.07) is 3.58. The van der Waals surface area contributed by atoms with Crippen molar-refractivity contribution < 1.29 is 0 Å². The normalized spacial score (nSPS) is 12.7. The molecule has 1 atom stereocenters. The molecule has 5 nitrogen and oxygen atoms in total. The first-order chi connectivity index (χ1) is 8.69. The van der Waals surface area contributed by atoms with Gasteiger partial charge >= 0.3 is 0 Å². The summed E-state index contributed by atoms with van der Waals surface area (Å²) in [5.74, 6) is 5.68. The number of halogens is 2. The van der Waals surface area contributed by atoms with Crippen molar-refractivity contribution in [1.29, 1.82) is 0 Å². The molecule has 0 aliphatic carbocycles. The van der Waals surface area contributed by atoms with Crippen molar-refractivity contribution in [3.05, 3.63) is 44.9 Å². The third kappa shape index (κ3) is 2.49. The molecule has 96 valence electrons. The minimum Gasteiger partial charge on any atom is -0.270 e. The van der Waals surface area contributed by atoms with Gasteiger partial charge in [-0.25, -0.2) is 5.43 Å². The van der Waals surface area contributed by atoms with Crippen molar-refractivity contribution in [2.24, 2.45) is 5.84 Å². The van der Waals surface area contributed by atoms with Gasteiger partial charge in [-0.3, -0.25) is 15.5 Å². The average molecular weight is 375 g/mol. The Labute approximate surface area is 122 Å². The predicted octanol–water partition coefficient (Wildman–Crippen LogP) is 2.38. The number of hydrogen-bond donors (Lipinski definition) is 2. The van der Waals surface area contributed by atoms with Gasteiger partial charge in [-0.2, -0.15) is 5.10 Å². The molecule has 0 aromatic carbocycles. The minimum absolute atomic E-state index is 0.225. The van der Waals surface area contributed by atoms with Crippen LogP contribution in [0.2, 0.25) is 0 Å². The van der Waals surface area contributed by atoms with Gasteiger partial charge in [-0.05, 0) is 50.9 Å². The minimum atomic E-state index is -0.225. The molecule has 0 spiro atoms. The fourth-order valence-corrected chi connectivity index (χ4v) is 2.82. The Kier molecular flexibility index (Phi) is 4.50. The summed E-state index contributed by atoms with van der Waals surface area (Å²) in [5, 5.41) is 4.29. The van der Waals surface area contributed by atoms with E-state index >= 15 is 0 Å². The van der Waals surface area contributed by atoms with Gasteiger partial charge in [-0.1, -0.05) is 0 Å². The Bertz CT molecular complexity index is 540. The second-order valence-corrected chi connectivity index (χ2v) is 5.37. The van der Waals surface area contributed by atoms with Gasteiger partial charge in [0, 0.05) is 17.2 Å². The van der Waals surface area contributed by atoms with Crippen LogP contribution < -0.4 is 11.3 Å². The van der Waals surface area contributed by atoms with Crippen molar-refractivity contribution in [3.8, 4) is 0 Å². The Balaban J connectivity index is 2.52. The molecule has 0 saturated carbocycles. The second-order valence-electron chi connectivity index (χ2n) is 3.66. The second kappa shape index (κ2) is 5.92. The molecule has 0 bridgehead atoms. The van der Waals surface area contributed by atoms with Gasteiger partial charge in [0.1, 0.15) is 6.04 Å². The lowest BCUT2D eigenvalue weighted by Crippen LogP contribution is -2.31. The van der Waals surface area contributed by atoms with Crippen molar-refractivity contribution in [2.75, 3.05) is 0 Å². The molecule has 2 heterocycles. The van der Waals surface area contributed by atoms with Crippen LogP contribution in [-0.4, -0.2) is 14.8 Å². The van der Waals surface area contributed by atoms with Gasteiger partial charge in [0.25, 0.3) is 0 Å². The van der Waals surface area contributed by atoms with E-state index in [1.165, 1.54) is 0 Å².